The van der Waals surface area contributed by atoms with E-state index in [1.165, 1.54) is 19.2 Å². The van der Waals surface area contributed by atoms with Crippen LogP contribution in [0.5, 0.6) is 5.75 Å². The number of rotatable bonds is 10. The second-order valence-corrected chi connectivity index (χ2v) is 14.1. The van der Waals surface area contributed by atoms with Crippen molar-refractivity contribution in [2.45, 2.75) is 83.0 Å². The summed E-state index contributed by atoms with van der Waals surface area (Å²) in [6.07, 6.45) is 3.63. The molecule has 1 saturated carbocycles. The lowest BCUT2D eigenvalue weighted by Crippen LogP contribution is -2.47. The van der Waals surface area contributed by atoms with E-state index in [-0.39, 0.29) is 65.0 Å². The van der Waals surface area contributed by atoms with Gasteiger partial charge in [-0.15, -0.1) is 0 Å². The molecule has 1 unspecified atom stereocenters. The van der Waals surface area contributed by atoms with Crippen molar-refractivity contribution in [1.29, 1.82) is 5.26 Å². The van der Waals surface area contributed by atoms with Gasteiger partial charge in [0.15, 0.2) is 11.6 Å². The standard InChI is InChI=1S/C39H44ClFN2O6/c1-39(2,3)49-38(45)43(29-16-12-26(13-17-29)37(44)46-4)23-32(25-9-6-5-7-10-25)27-14-18-33(40)31(21-27)35-28(22-42)15-19-34(36(35)41)48-24-30-11-8-20-47-30/h5-7,9-10,14-15,18-19,21,26,29-30,32H,8,11-13,16-17,20,23-24H2,1-4H3/t26?,29?,30-,32?/m0/s1. The van der Waals surface area contributed by atoms with Crippen molar-refractivity contribution >= 4 is 23.7 Å². The largest absolute Gasteiger partial charge is 0.488 e. The van der Waals surface area contributed by atoms with E-state index in [1.54, 1.807) is 17.0 Å². The SMILES string of the molecule is COC(=O)C1CCC(N(CC(c2ccccc2)c2ccc(Cl)c(-c3c(C#N)ccc(OC[C@@H]4CCCO4)c3F)c2)C(=O)OC(C)(C)C)CC1. The molecule has 0 spiro atoms. The first-order chi connectivity index (χ1) is 23.5. The zero-order valence-corrected chi connectivity index (χ0v) is 29.3. The fourth-order valence-corrected chi connectivity index (χ4v) is 6.92. The highest BCUT2D eigenvalue weighted by molar-refractivity contribution is 6.33. The molecule has 2 fully saturated rings. The number of hydrogen-bond donors (Lipinski definition) is 0. The van der Waals surface area contributed by atoms with Gasteiger partial charge in [-0.3, -0.25) is 4.79 Å². The molecular weight excluding hydrogens is 647 g/mol. The maximum Gasteiger partial charge on any atom is 0.410 e. The minimum atomic E-state index is -0.726. The molecule has 0 N–H and O–H groups in total. The summed E-state index contributed by atoms with van der Waals surface area (Å²) in [5.41, 5.74) is 1.50. The first-order valence-electron chi connectivity index (χ1n) is 16.9. The maximum atomic E-state index is 16.3. The number of amides is 1. The van der Waals surface area contributed by atoms with E-state index in [4.69, 9.17) is 30.5 Å². The van der Waals surface area contributed by atoms with E-state index in [9.17, 15) is 14.9 Å². The zero-order chi connectivity index (χ0) is 35.1. The maximum absolute atomic E-state index is 16.3. The van der Waals surface area contributed by atoms with E-state index in [0.29, 0.717) is 37.9 Å². The summed E-state index contributed by atoms with van der Waals surface area (Å²) in [5.74, 6) is -1.46. The van der Waals surface area contributed by atoms with Gasteiger partial charge >= 0.3 is 12.1 Å². The number of nitrogens with zero attached hydrogens (tertiary/aromatic N) is 2. The van der Waals surface area contributed by atoms with Crippen LogP contribution in [0.4, 0.5) is 9.18 Å². The van der Waals surface area contributed by atoms with Crippen LogP contribution in [0.2, 0.25) is 5.02 Å². The smallest absolute Gasteiger partial charge is 0.410 e. The first kappa shape index (κ1) is 36.2. The number of carbonyl (C=O) groups is 2. The Morgan fingerprint density at radius 3 is 2.41 bits per heavy atom. The van der Waals surface area contributed by atoms with E-state index < -0.39 is 17.5 Å². The highest BCUT2D eigenvalue weighted by atomic mass is 35.5. The van der Waals surface area contributed by atoms with Crippen molar-refractivity contribution in [1.82, 2.24) is 4.90 Å². The predicted molar refractivity (Wildman–Crippen MR) is 185 cm³/mol. The van der Waals surface area contributed by atoms with Crippen LogP contribution in [-0.2, 0) is 19.0 Å². The number of carbonyl (C=O) groups excluding carboxylic acids is 2. The van der Waals surface area contributed by atoms with Crippen LogP contribution in [-0.4, -0.2) is 61.6 Å². The van der Waals surface area contributed by atoms with Crippen LogP contribution >= 0.6 is 11.6 Å². The molecule has 10 heteroatoms. The number of esters is 1. The zero-order valence-electron chi connectivity index (χ0n) is 28.5. The van der Waals surface area contributed by atoms with Crippen LogP contribution in [0.15, 0.2) is 60.7 Å². The van der Waals surface area contributed by atoms with Crippen LogP contribution in [0.25, 0.3) is 11.1 Å². The summed E-state index contributed by atoms with van der Waals surface area (Å²) in [7, 11) is 1.40. The number of halogens is 2. The molecule has 0 bridgehead atoms. The van der Waals surface area contributed by atoms with E-state index in [1.807, 2.05) is 57.2 Å². The number of nitriles is 1. The van der Waals surface area contributed by atoms with Gasteiger partial charge in [-0.25, -0.2) is 9.18 Å². The molecule has 49 heavy (non-hydrogen) atoms. The Morgan fingerprint density at radius 1 is 1.04 bits per heavy atom. The van der Waals surface area contributed by atoms with Crippen LogP contribution in [0, 0.1) is 23.1 Å². The molecule has 8 nitrogen and oxygen atoms in total. The summed E-state index contributed by atoms with van der Waals surface area (Å²) < 4.78 is 38.7. The number of methoxy groups -OCH3 is 1. The quantitative estimate of drug-likeness (QED) is 0.196. The molecule has 3 aromatic rings. The third-order valence-corrected chi connectivity index (χ3v) is 9.55. The summed E-state index contributed by atoms with van der Waals surface area (Å²) >= 11 is 6.76. The Kier molecular flexibility index (Phi) is 11.8. The van der Waals surface area contributed by atoms with Crippen molar-refractivity contribution in [3.8, 4) is 22.9 Å². The summed E-state index contributed by atoms with van der Waals surface area (Å²) in [6.45, 7) is 6.60. The average Bonchev–Trinajstić information content (AvgIpc) is 3.62. The van der Waals surface area contributed by atoms with Crippen molar-refractivity contribution in [2.75, 3.05) is 26.9 Å². The van der Waals surface area contributed by atoms with Crippen molar-refractivity contribution < 1.29 is 32.9 Å². The predicted octanol–water partition coefficient (Wildman–Crippen LogP) is 8.68. The molecule has 2 aliphatic rings. The third-order valence-electron chi connectivity index (χ3n) is 9.22. The number of benzene rings is 3. The molecule has 1 heterocycles. The fourth-order valence-electron chi connectivity index (χ4n) is 6.70. The van der Waals surface area contributed by atoms with Crippen LogP contribution in [0.3, 0.4) is 0 Å². The second kappa shape index (κ2) is 16.1. The van der Waals surface area contributed by atoms with Gasteiger partial charge in [-0.1, -0.05) is 48.0 Å². The number of ether oxygens (including phenoxy) is 4. The van der Waals surface area contributed by atoms with Gasteiger partial charge in [0, 0.05) is 41.3 Å². The summed E-state index contributed by atoms with van der Waals surface area (Å²) in [5, 5.41) is 10.3. The molecular formula is C39H44ClFN2O6. The van der Waals surface area contributed by atoms with Gasteiger partial charge in [-0.2, -0.15) is 5.26 Å². The third kappa shape index (κ3) is 8.92. The van der Waals surface area contributed by atoms with Crippen molar-refractivity contribution in [3.05, 3.63) is 88.2 Å². The lowest BCUT2D eigenvalue weighted by molar-refractivity contribution is -0.146. The molecule has 1 amide bonds. The van der Waals surface area contributed by atoms with Gasteiger partial charge in [0.05, 0.1) is 30.8 Å². The molecule has 0 aromatic heterocycles. The molecule has 3 aromatic carbocycles. The van der Waals surface area contributed by atoms with Gasteiger partial charge < -0.3 is 23.8 Å². The van der Waals surface area contributed by atoms with Gasteiger partial charge in [0.2, 0.25) is 0 Å². The highest BCUT2D eigenvalue weighted by Gasteiger charge is 2.36. The molecule has 1 aliphatic heterocycles. The van der Waals surface area contributed by atoms with Crippen LogP contribution in [0.1, 0.15) is 81.9 Å². The monoisotopic (exact) mass is 690 g/mol. The Labute approximate surface area is 293 Å². The Hall–Kier alpha value is -4.13. The Balaban J connectivity index is 1.53. The molecule has 260 valence electrons. The second-order valence-electron chi connectivity index (χ2n) is 13.7. The lowest BCUT2D eigenvalue weighted by Gasteiger charge is -2.39. The van der Waals surface area contributed by atoms with Crippen molar-refractivity contribution in [3.63, 3.8) is 0 Å². The van der Waals surface area contributed by atoms with E-state index >= 15 is 4.39 Å². The lowest BCUT2D eigenvalue weighted by atomic mass is 9.84. The molecule has 5 rings (SSSR count). The minimum Gasteiger partial charge on any atom is -0.488 e. The topological polar surface area (TPSA) is 98.1 Å². The Bertz CT molecular complexity index is 1660. The van der Waals surface area contributed by atoms with Gasteiger partial charge in [0.1, 0.15) is 12.2 Å². The first-order valence-corrected chi connectivity index (χ1v) is 17.3. The number of hydrogen-bond acceptors (Lipinski definition) is 7. The van der Waals surface area contributed by atoms with Crippen LogP contribution < -0.4 is 4.74 Å². The molecule has 2 atom stereocenters. The van der Waals surface area contributed by atoms with Gasteiger partial charge in [0.25, 0.3) is 0 Å². The summed E-state index contributed by atoms with van der Waals surface area (Å²) in [6, 6.07) is 20.1. The molecule has 1 aliphatic carbocycles. The fraction of sp³-hybridized carbons (Fsp3) is 0.462. The van der Waals surface area contributed by atoms with Crippen molar-refractivity contribution in [2.24, 2.45) is 5.92 Å². The molecule has 0 radical (unpaired) electrons. The molecule has 1 saturated heterocycles. The Morgan fingerprint density at radius 2 is 1.78 bits per heavy atom. The summed E-state index contributed by atoms with van der Waals surface area (Å²) in [4.78, 5) is 27.9. The van der Waals surface area contributed by atoms with Gasteiger partial charge in [-0.05, 0) is 94.7 Å². The highest BCUT2D eigenvalue weighted by Crippen LogP contribution is 2.40. The normalized spacial score (nSPS) is 19.8. The van der Waals surface area contributed by atoms with E-state index in [0.717, 1.165) is 24.0 Å². The minimum absolute atomic E-state index is 0.0178. The van der Waals surface area contributed by atoms with E-state index in [2.05, 4.69) is 6.07 Å². The average molecular weight is 691 g/mol.